The molecule has 0 radical (unpaired) electrons. The molecular weight excluding hydrogens is 414 g/mol. The molecule has 0 aliphatic carbocycles. The van der Waals surface area contributed by atoms with Gasteiger partial charge in [0.2, 0.25) is 0 Å². The lowest BCUT2D eigenvalue weighted by Gasteiger charge is -2.03. The van der Waals surface area contributed by atoms with E-state index in [1.54, 1.807) is 0 Å². The van der Waals surface area contributed by atoms with Gasteiger partial charge in [-0.2, -0.15) is 0 Å². The molecule has 4 aromatic rings. The number of pyridine rings is 1. The van der Waals surface area contributed by atoms with E-state index in [9.17, 15) is 13.6 Å². The Balaban J connectivity index is 0.000000229. The van der Waals surface area contributed by atoms with Gasteiger partial charge in [-0.1, -0.05) is 18.2 Å². The van der Waals surface area contributed by atoms with Gasteiger partial charge in [-0.3, -0.25) is 9.78 Å². The van der Waals surface area contributed by atoms with Crippen LogP contribution in [0.15, 0.2) is 67.0 Å². The summed E-state index contributed by atoms with van der Waals surface area (Å²) >= 11 is 1.83. The molecule has 0 spiro atoms. The first kappa shape index (κ1) is 22.3. The zero-order chi connectivity index (χ0) is 22.4. The van der Waals surface area contributed by atoms with Gasteiger partial charge in [0.15, 0.2) is 6.29 Å². The standard InChI is InChI=1S/C18H18N2S.C7H4F2O/c1-12-8-9-20-11-17(12)18-10-16(13(2)21-18)14-4-6-15(19-3)7-5-14;8-6-2-1-3-7(9)5(6)4-10/h4-11,19H,1-3H3;1-4H. The minimum Gasteiger partial charge on any atom is -0.388 e. The van der Waals surface area contributed by atoms with Crippen molar-refractivity contribution in [3.05, 3.63) is 94.6 Å². The lowest BCUT2D eigenvalue weighted by atomic mass is 10.0. The van der Waals surface area contributed by atoms with Gasteiger partial charge in [0.05, 0.1) is 5.56 Å². The molecule has 0 atom stereocenters. The highest BCUT2D eigenvalue weighted by Crippen LogP contribution is 2.37. The molecule has 4 rings (SSSR count). The fourth-order valence-corrected chi connectivity index (χ4v) is 4.18. The molecule has 0 aliphatic heterocycles. The Labute approximate surface area is 184 Å². The van der Waals surface area contributed by atoms with Crippen LogP contribution in [-0.4, -0.2) is 18.3 Å². The zero-order valence-electron chi connectivity index (χ0n) is 17.4. The SMILES string of the molecule is CNc1ccc(-c2cc(-c3cnccc3C)sc2C)cc1.O=Cc1c(F)cccc1F. The number of aromatic nitrogens is 1. The van der Waals surface area contributed by atoms with Crippen LogP contribution < -0.4 is 5.32 Å². The Morgan fingerprint density at radius 2 is 1.65 bits per heavy atom. The van der Waals surface area contributed by atoms with Gasteiger partial charge in [-0.15, -0.1) is 11.3 Å². The number of carbonyl (C=O) groups is 1. The van der Waals surface area contributed by atoms with E-state index in [1.807, 2.05) is 30.8 Å². The van der Waals surface area contributed by atoms with Gasteiger partial charge < -0.3 is 5.32 Å². The summed E-state index contributed by atoms with van der Waals surface area (Å²) in [5.74, 6) is -1.65. The van der Waals surface area contributed by atoms with Crippen LogP contribution >= 0.6 is 11.3 Å². The monoisotopic (exact) mass is 436 g/mol. The number of anilines is 1. The van der Waals surface area contributed by atoms with E-state index in [-0.39, 0.29) is 6.29 Å². The Bertz CT molecular complexity index is 1170. The molecule has 31 heavy (non-hydrogen) atoms. The van der Waals surface area contributed by atoms with Crippen LogP contribution in [0.2, 0.25) is 0 Å². The van der Waals surface area contributed by atoms with Crippen molar-refractivity contribution in [3.8, 4) is 21.6 Å². The highest BCUT2D eigenvalue weighted by molar-refractivity contribution is 7.16. The largest absolute Gasteiger partial charge is 0.388 e. The first-order chi connectivity index (χ1) is 14.9. The molecule has 0 amide bonds. The third kappa shape index (κ3) is 5.22. The Hall–Kier alpha value is -3.38. The van der Waals surface area contributed by atoms with Crippen LogP contribution in [0.5, 0.6) is 0 Å². The molecule has 0 bridgehead atoms. The molecule has 0 fully saturated rings. The fourth-order valence-electron chi connectivity index (χ4n) is 3.06. The average molecular weight is 437 g/mol. The van der Waals surface area contributed by atoms with Crippen LogP contribution in [0.1, 0.15) is 20.8 Å². The molecule has 158 valence electrons. The van der Waals surface area contributed by atoms with Crippen molar-refractivity contribution in [2.75, 3.05) is 12.4 Å². The van der Waals surface area contributed by atoms with E-state index in [0.29, 0.717) is 0 Å². The molecule has 0 saturated heterocycles. The number of rotatable bonds is 4. The van der Waals surface area contributed by atoms with E-state index >= 15 is 0 Å². The molecular formula is C25H22F2N2OS. The van der Waals surface area contributed by atoms with Crippen LogP contribution in [0, 0.1) is 25.5 Å². The summed E-state index contributed by atoms with van der Waals surface area (Å²) in [6.45, 7) is 4.31. The summed E-state index contributed by atoms with van der Waals surface area (Å²) in [5.41, 5.74) is 5.68. The first-order valence-electron chi connectivity index (χ1n) is 9.63. The van der Waals surface area contributed by atoms with Crippen molar-refractivity contribution in [2.24, 2.45) is 0 Å². The predicted octanol–water partition coefficient (Wildman–Crippen LogP) is 6.91. The lowest BCUT2D eigenvalue weighted by Crippen LogP contribution is -1.91. The minimum atomic E-state index is -0.824. The Morgan fingerprint density at radius 3 is 2.19 bits per heavy atom. The summed E-state index contributed by atoms with van der Waals surface area (Å²) in [5, 5.41) is 3.15. The maximum absolute atomic E-state index is 12.4. The van der Waals surface area contributed by atoms with Crippen LogP contribution in [0.4, 0.5) is 14.5 Å². The first-order valence-corrected chi connectivity index (χ1v) is 10.4. The Kier molecular flexibility index (Phi) is 7.26. The minimum absolute atomic E-state index is 0.157. The van der Waals surface area contributed by atoms with Crippen molar-refractivity contribution in [1.29, 1.82) is 0 Å². The molecule has 1 N–H and O–H groups in total. The second-order valence-corrected chi connectivity index (χ2v) is 8.11. The predicted molar refractivity (Wildman–Crippen MR) is 124 cm³/mol. The highest BCUT2D eigenvalue weighted by atomic mass is 32.1. The third-order valence-corrected chi connectivity index (χ3v) is 5.91. The molecule has 2 aromatic carbocycles. The molecule has 0 unspecified atom stereocenters. The van der Waals surface area contributed by atoms with Crippen LogP contribution in [0.25, 0.3) is 21.6 Å². The van der Waals surface area contributed by atoms with Crippen molar-refractivity contribution in [3.63, 3.8) is 0 Å². The summed E-state index contributed by atoms with van der Waals surface area (Å²) in [7, 11) is 1.94. The van der Waals surface area contributed by atoms with E-state index < -0.39 is 17.2 Å². The number of benzene rings is 2. The van der Waals surface area contributed by atoms with E-state index in [1.165, 1.54) is 38.1 Å². The van der Waals surface area contributed by atoms with Crippen molar-refractivity contribution in [1.82, 2.24) is 4.98 Å². The Morgan fingerprint density at radius 1 is 0.968 bits per heavy atom. The van der Waals surface area contributed by atoms with Crippen molar-refractivity contribution in [2.45, 2.75) is 13.8 Å². The number of aryl methyl sites for hydroxylation is 2. The highest BCUT2D eigenvalue weighted by Gasteiger charge is 2.11. The second kappa shape index (κ2) is 10.1. The quantitative estimate of drug-likeness (QED) is 0.353. The molecule has 2 heterocycles. The number of halogens is 2. The van der Waals surface area contributed by atoms with Gasteiger partial charge in [0.25, 0.3) is 0 Å². The molecule has 3 nitrogen and oxygen atoms in total. The summed E-state index contributed by atoms with van der Waals surface area (Å²) < 4.78 is 24.8. The summed E-state index contributed by atoms with van der Waals surface area (Å²) in [6.07, 6.45) is 3.95. The summed E-state index contributed by atoms with van der Waals surface area (Å²) in [6, 6.07) is 16.2. The van der Waals surface area contributed by atoms with Gasteiger partial charge in [0, 0.05) is 40.4 Å². The number of thiophene rings is 1. The van der Waals surface area contributed by atoms with Gasteiger partial charge in [-0.25, -0.2) is 8.78 Å². The van der Waals surface area contributed by atoms with Crippen LogP contribution in [0.3, 0.4) is 0 Å². The van der Waals surface area contributed by atoms with Crippen molar-refractivity contribution < 1.29 is 13.6 Å². The normalized spacial score (nSPS) is 10.2. The topological polar surface area (TPSA) is 42.0 Å². The van der Waals surface area contributed by atoms with Crippen molar-refractivity contribution >= 4 is 23.3 Å². The molecule has 0 saturated carbocycles. The van der Waals surface area contributed by atoms with Crippen LogP contribution in [-0.2, 0) is 0 Å². The number of carbonyl (C=O) groups excluding carboxylic acids is 1. The number of nitrogens with zero attached hydrogens (tertiary/aromatic N) is 1. The smallest absolute Gasteiger partial charge is 0.155 e. The number of aldehydes is 1. The molecule has 6 heteroatoms. The fraction of sp³-hybridized carbons (Fsp3) is 0.120. The average Bonchev–Trinajstić information content (AvgIpc) is 3.16. The summed E-state index contributed by atoms with van der Waals surface area (Å²) in [4.78, 5) is 16.8. The maximum Gasteiger partial charge on any atom is 0.155 e. The number of nitrogens with one attached hydrogen (secondary N) is 1. The van der Waals surface area contributed by atoms with E-state index in [4.69, 9.17) is 0 Å². The lowest BCUT2D eigenvalue weighted by molar-refractivity contribution is 0.111. The second-order valence-electron chi connectivity index (χ2n) is 6.85. The zero-order valence-corrected chi connectivity index (χ0v) is 18.3. The van der Waals surface area contributed by atoms with Gasteiger partial charge in [-0.05, 0) is 66.9 Å². The number of hydrogen-bond donors (Lipinski definition) is 1. The van der Waals surface area contributed by atoms with E-state index in [0.717, 1.165) is 17.8 Å². The van der Waals surface area contributed by atoms with Gasteiger partial charge in [0.1, 0.15) is 11.6 Å². The van der Waals surface area contributed by atoms with E-state index in [2.05, 4.69) is 60.5 Å². The van der Waals surface area contributed by atoms with Gasteiger partial charge >= 0.3 is 0 Å². The molecule has 0 aliphatic rings. The number of hydrogen-bond acceptors (Lipinski definition) is 4. The third-order valence-electron chi connectivity index (χ3n) is 4.82. The maximum atomic E-state index is 12.4. The molecule has 2 aromatic heterocycles.